The van der Waals surface area contributed by atoms with Crippen LogP contribution < -0.4 is 5.73 Å². The molecule has 96 valence electrons. The maximum Gasteiger partial charge on any atom is 0.0599 e. The number of rotatable bonds is 4. The third-order valence-electron chi connectivity index (χ3n) is 3.01. The first-order valence-electron chi connectivity index (χ1n) is 6.07. The maximum atomic E-state index is 6.35. The zero-order chi connectivity index (χ0) is 13.1. The summed E-state index contributed by atoms with van der Waals surface area (Å²) in [6.07, 6.45) is 0. The van der Waals surface area contributed by atoms with Crippen molar-refractivity contribution in [3.63, 3.8) is 0 Å². The van der Waals surface area contributed by atoms with Crippen molar-refractivity contribution in [3.05, 3.63) is 51.9 Å². The van der Waals surface area contributed by atoms with E-state index in [4.69, 9.17) is 5.73 Å². The summed E-state index contributed by atoms with van der Waals surface area (Å²) in [5.74, 6) is 0.936. The van der Waals surface area contributed by atoms with Crippen LogP contribution in [-0.4, -0.2) is 5.75 Å². The summed E-state index contributed by atoms with van der Waals surface area (Å²) in [5.41, 5.74) is 11.6. The number of benzene rings is 1. The van der Waals surface area contributed by atoms with E-state index >= 15 is 0 Å². The molecule has 0 spiro atoms. The Bertz CT molecular complexity index is 494. The van der Waals surface area contributed by atoms with Crippen molar-refractivity contribution < 1.29 is 0 Å². The van der Waals surface area contributed by atoms with E-state index in [0.29, 0.717) is 0 Å². The van der Waals surface area contributed by atoms with Gasteiger partial charge >= 0.3 is 0 Å². The highest BCUT2D eigenvalue weighted by molar-refractivity contribution is 8.01. The van der Waals surface area contributed by atoms with Crippen molar-refractivity contribution in [1.82, 2.24) is 0 Å². The molecule has 0 aliphatic rings. The van der Waals surface area contributed by atoms with Gasteiger partial charge in [0.25, 0.3) is 0 Å². The van der Waals surface area contributed by atoms with Gasteiger partial charge in [0.15, 0.2) is 0 Å². The fourth-order valence-corrected chi connectivity index (χ4v) is 4.15. The molecule has 1 atom stereocenters. The van der Waals surface area contributed by atoms with Crippen LogP contribution in [0, 0.1) is 20.8 Å². The Morgan fingerprint density at radius 1 is 1.22 bits per heavy atom. The van der Waals surface area contributed by atoms with E-state index < -0.39 is 0 Å². The molecule has 0 fully saturated rings. The Kier molecular flexibility index (Phi) is 4.49. The van der Waals surface area contributed by atoms with Gasteiger partial charge in [0.2, 0.25) is 0 Å². The summed E-state index contributed by atoms with van der Waals surface area (Å²) in [7, 11) is 0. The molecule has 2 aromatic rings. The smallest absolute Gasteiger partial charge is 0.0599 e. The summed E-state index contributed by atoms with van der Waals surface area (Å²) in [4.78, 5) is 0. The molecule has 18 heavy (non-hydrogen) atoms. The number of aryl methyl sites for hydroxylation is 3. The molecule has 3 heteroatoms. The average molecular weight is 277 g/mol. The predicted octanol–water partition coefficient (Wildman–Crippen LogP) is 4.47. The lowest BCUT2D eigenvalue weighted by Gasteiger charge is -2.17. The molecule has 0 aliphatic heterocycles. The molecular weight excluding hydrogens is 258 g/mol. The summed E-state index contributed by atoms with van der Waals surface area (Å²) < 4.78 is 1.34. The van der Waals surface area contributed by atoms with Gasteiger partial charge < -0.3 is 5.73 Å². The second-order valence-electron chi connectivity index (χ2n) is 4.66. The molecule has 0 saturated carbocycles. The predicted molar refractivity (Wildman–Crippen MR) is 82.6 cm³/mol. The summed E-state index contributed by atoms with van der Waals surface area (Å²) >= 11 is 3.62. The molecule has 2 N–H and O–H groups in total. The van der Waals surface area contributed by atoms with Gasteiger partial charge in [0.1, 0.15) is 0 Å². The number of thiophene rings is 1. The second-order valence-corrected chi connectivity index (χ2v) is 6.93. The van der Waals surface area contributed by atoms with Gasteiger partial charge in [-0.05, 0) is 48.9 Å². The monoisotopic (exact) mass is 277 g/mol. The van der Waals surface area contributed by atoms with E-state index in [2.05, 4.69) is 50.4 Å². The zero-order valence-electron chi connectivity index (χ0n) is 11.1. The highest BCUT2D eigenvalue weighted by Crippen LogP contribution is 2.29. The van der Waals surface area contributed by atoms with Crippen LogP contribution in [0.4, 0.5) is 0 Å². The first-order chi connectivity index (χ1) is 8.58. The minimum Gasteiger partial charge on any atom is -0.323 e. The van der Waals surface area contributed by atoms with Crippen molar-refractivity contribution in [1.29, 1.82) is 0 Å². The Morgan fingerprint density at radius 2 is 1.89 bits per heavy atom. The van der Waals surface area contributed by atoms with E-state index in [1.807, 2.05) is 11.8 Å². The third-order valence-corrected chi connectivity index (χ3v) is 5.26. The third kappa shape index (κ3) is 3.16. The van der Waals surface area contributed by atoms with Crippen LogP contribution in [0.2, 0.25) is 0 Å². The SMILES string of the molecule is Cc1cc(C)c(C(N)CSc2cccs2)c(C)c1. The minimum atomic E-state index is 0.109. The van der Waals surface area contributed by atoms with Crippen molar-refractivity contribution in [3.8, 4) is 0 Å². The van der Waals surface area contributed by atoms with E-state index in [9.17, 15) is 0 Å². The fourth-order valence-electron chi connectivity index (χ4n) is 2.38. The van der Waals surface area contributed by atoms with Crippen LogP contribution in [0.25, 0.3) is 0 Å². The van der Waals surface area contributed by atoms with Crippen molar-refractivity contribution in [2.45, 2.75) is 31.0 Å². The van der Waals surface area contributed by atoms with Gasteiger partial charge in [0, 0.05) is 11.8 Å². The van der Waals surface area contributed by atoms with Gasteiger partial charge in [-0.15, -0.1) is 23.1 Å². The van der Waals surface area contributed by atoms with Crippen molar-refractivity contribution >= 4 is 23.1 Å². The highest BCUT2D eigenvalue weighted by atomic mass is 32.2. The van der Waals surface area contributed by atoms with Gasteiger partial charge in [-0.1, -0.05) is 23.8 Å². The highest BCUT2D eigenvalue weighted by Gasteiger charge is 2.13. The number of hydrogen-bond acceptors (Lipinski definition) is 3. The first kappa shape index (κ1) is 13.7. The summed E-state index contributed by atoms with van der Waals surface area (Å²) in [5, 5.41) is 2.11. The van der Waals surface area contributed by atoms with Crippen LogP contribution in [-0.2, 0) is 0 Å². The van der Waals surface area contributed by atoms with Crippen LogP contribution in [0.3, 0.4) is 0 Å². The molecule has 0 radical (unpaired) electrons. The molecule has 0 amide bonds. The van der Waals surface area contributed by atoms with E-state index in [1.54, 1.807) is 11.3 Å². The zero-order valence-corrected chi connectivity index (χ0v) is 12.7. The van der Waals surface area contributed by atoms with Gasteiger partial charge in [-0.25, -0.2) is 0 Å². The lowest BCUT2D eigenvalue weighted by atomic mass is 9.95. The molecule has 1 aromatic carbocycles. The van der Waals surface area contributed by atoms with Crippen LogP contribution in [0.5, 0.6) is 0 Å². The lowest BCUT2D eigenvalue weighted by molar-refractivity contribution is 0.813. The molecule has 1 aromatic heterocycles. The summed E-state index contributed by atoms with van der Waals surface area (Å²) in [6.45, 7) is 6.45. The Labute approximate surface area is 117 Å². The molecule has 1 heterocycles. The minimum absolute atomic E-state index is 0.109. The number of thioether (sulfide) groups is 1. The van der Waals surface area contributed by atoms with E-state index in [1.165, 1.54) is 26.5 Å². The maximum absolute atomic E-state index is 6.35. The Hall–Kier alpha value is -0.770. The van der Waals surface area contributed by atoms with E-state index in [0.717, 1.165) is 5.75 Å². The number of hydrogen-bond donors (Lipinski definition) is 1. The van der Waals surface area contributed by atoms with Crippen molar-refractivity contribution in [2.75, 3.05) is 5.75 Å². The quantitative estimate of drug-likeness (QED) is 0.835. The van der Waals surface area contributed by atoms with Crippen LogP contribution in [0.15, 0.2) is 33.9 Å². The molecule has 1 unspecified atom stereocenters. The Balaban J connectivity index is 2.11. The average Bonchev–Trinajstić information content (AvgIpc) is 2.77. The molecule has 0 aliphatic carbocycles. The van der Waals surface area contributed by atoms with E-state index in [-0.39, 0.29) is 6.04 Å². The molecule has 1 nitrogen and oxygen atoms in total. The number of nitrogens with two attached hydrogens (primary N) is 1. The molecule has 0 bridgehead atoms. The van der Waals surface area contributed by atoms with Crippen molar-refractivity contribution in [2.24, 2.45) is 5.73 Å². The summed E-state index contributed by atoms with van der Waals surface area (Å²) in [6, 6.07) is 8.78. The van der Waals surface area contributed by atoms with Crippen LogP contribution >= 0.6 is 23.1 Å². The Morgan fingerprint density at radius 3 is 2.44 bits per heavy atom. The largest absolute Gasteiger partial charge is 0.323 e. The standard InChI is InChI=1S/C15H19NS2/c1-10-7-11(2)15(12(3)8-10)13(16)9-18-14-5-4-6-17-14/h4-8,13H,9,16H2,1-3H3. The second kappa shape index (κ2) is 5.91. The molecular formula is C15H19NS2. The van der Waals surface area contributed by atoms with Gasteiger partial charge in [-0.2, -0.15) is 0 Å². The first-order valence-corrected chi connectivity index (χ1v) is 7.94. The fraction of sp³-hybridized carbons (Fsp3) is 0.333. The molecule has 2 rings (SSSR count). The lowest BCUT2D eigenvalue weighted by Crippen LogP contribution is -2.16. The van der Waals surface area contributed by atoms with Gasteiger partial charge in [-0.3, -0.25) is 0 Å². The normalized spacial score (nSPS) is 12.7. The van der Waals surface area contributed by atoms with Gasteiger partial charge in [0.05, 0.1) is 4.21 Å². The topological polar surface area (TPSA) is 26.0 Å². The molecule has 0 saturated heterocycles. The van der Waals surface area contributed by atoms with Crippen LogP contribution in [0.1, 0.15) is 28.3 Å².